The Bertz CT molecular complexity index is 896. The first-order valence-corrected chi connectivity index (χ1v) is 10.2. The summed E-state index contributed by atoms with van der Waals surface area (Å²) < 4.78 is 5.66. The molecule has 0 aromatic carbocycles. The molecule has 0 bridgehead atoms. The predicted octanol–water partition coefficient (Wildman–Crippen LogP) is 3.02. The van der Waals surface area contributed by atoms with E-state index in [0.717, 1.165) is 59.1 Å². The summed E-state index contributed by atoms with van der Waals surface area (Å²) in [6, 6.07) is 2.46. The Morgan fingerprint density at radius 3 is 2.79 bits per heavy atom. The van der Waals surface area contributed by atoms with Gasteiger partial charge in [0.05, 0.1) is 36.7 Å². The van der Waals surface area contributed by atoms with Crippen LogP contribution in [0, 0.1) is 13.8 Å². The van der Waals surface area contributed by atoms with Crippen LogP contribution in [0.3, 0.4) is 0 Å². The highest BCUT2D eigenvalue weighted by atomic mass is 16.5. The summed E-state index contributed by atoms with van der Waals surface area (Å²) in [5.74, 6) is 1.02. The number of hydrogen-bond donors (Lipinski definition) is 0. The highest BCUT2D eigenvalue weighted by molar-refractivity contribution is 5.99. The molecular formula is C22H28N4O2. The van der Waals surface area contributed by atoms with Gasteiger partial charge in [0, 0.05) is 36.5 Å². The summed E-state index contributed by atoms with van der Waals surface area (Å²) in [4.78, 5) is 29.5. The molecule has 0 aliphatic carbocycles. The zero-order chi connectivity index (χ0) is 19.7. The van der Waals surface area contributed by atoms with Gasteiger partial charge < -0.3 is 9.64 Å². The smallest absolute Gasteiger partial charge is 0.169 e. The van der Waals surface area contributed by atoms with Gasteiger partial charge in [0.15, 0.2) is 5.78 Å². The van der Waals surface area contributed by atoms with Crippen molar-refractivity contribution in [3.05, 3.63) is 46.2 Å². The number of carbonyl (C=O) groups excluding carboxylic acids is 1. The molecular weight excluding hydrogens is 352 g/mol. The average Bonchev–Trinajstić information content (AvgIpc) is 2.96. The second-order valence-electron chi connectivity index (χ2n) is 7.88. The molecule has 0 amide bonds. The lowest BCUT2D eigenvalue weighted by atomic mass is 9.96. The SMILES string of the molecule is Cc1ncc(CC(=O)c2cc(N3CCC[C@H]3C)nc3c2CCOCC3)nc1C. The third-order valence-corrected chi connectivity index (χ3v) is 5.91. The van der Waals surface area contributed by atoms with Crippen LogP contribution in [0.15, 0.2) is 12.3 Å². The first-order chi connectivity index (χ1) is 13.5. The van der Waals surface area contributed by atoms with Crippen molar-refractivity contribution >= 4 is 11.6 Å². The van der Waals surface area contributed by atoms with Crippen LogP contribution in [0.4, 0.5) is 5.82 Å². The molecule has 2 aromatic heterocycles. The summed E-state index contributed by atoms with van der Waals surface area (Å²) in [6.07, 6.45) is 5.81. The third-order valence-electron chi connectivity index (χ3n) is 5.91. The molecule has 28 heavy (non-hydrogen) atoms. The molecule has 0 spiro atoms. The first kappa shape index (κ1) is 19.0. The van der Waals surface area contributed by atoms with Crippen molar-refractivity contribution in [1.82, 2.24) is 15.0 Å². The number of aryl methyl sites for hydroxylation is 2. The fourth-order valence-electron chi connectivity index (χ4n) is 4.14. The summed E-state index contributed by atoms with van der Waals surface area (Å²) in [5.41, 5.74) is 5.35. The number of rotatable bonds is 4. The minimum atomic E-state index is 0.0891. The number of ketones is 1. The quantitative estimate of drug-likeness (QED) is 0.760. The zero-order valence-corrected chi connectivity index (χ0v) is 17.0. The van der Waals surface area contributed by atoms with E-state index in [1.165, 1.54) is 12.8 Å². The van der Waals surface area contributed by atoms with E-state index in [0.29, 0.717) is 19.3 Å². The van der Waals surface area contributed by atoms with Gasteiger partial charge in [-0.15, -0.1) is 0 Å². The molecule has 1 atom stereocenters. The fraction of sp³-hybridized carbons (Fsp3) is 0.545. The number of pyridine rings is 1. The summed E-state index contributed by atoms with van der Waals surface area (Å²) >= 11 is 0. The maximum atomic E-state index is 13.3. The normalized spacial score (nSPS) is 19.4. The Kier molecular flexibility index (Phi) is 5.40. The number of anilines is 1. The molecule has 0 radical (unpaired) electrons. The van der Waals surface area contributed by atoms with E-state index in [2.05, 4.69) is 21.8 Å². The second kappa shape index (κ2) is 7.95. The maximum absolute atomic E-state index is 13.3. The van der Waals surface area contributed by atoms with Gasteiger partial charge in [0.1, 0.15) is 5.82 Å². The highest BCUT2D eigenvalue weighted by Crippen LogP contribution is 2.29. The van der Waals surface area contributed by atoms with E-state index in [9.17, 15) is 4.79 Å². The molecule has 0 saturated carbocycles. The van der Waals surface area contributed by atoms with Crippen molar-refractivity contribution < 1.29 is 9.53 Å². The van der Waals surface area contributed by atoms with E-state index in [4.69, 9.17) is 9.72 Å². The number of Topliss-reactive ketones (excluding diaryl/α,β-unsaturated/α-hetero) is 1. The van der Waals surface area contributed by atoms with E-state index in [1.54, 1.807) is 6.20 Å². The Morgan fingerprint density at radius 2 is 2.04 bits per heavy atom. The van der Waals surface area contributed by atoms with Crippen LogP contribution >= 0.6 is 0 Å². The number of hydrogen-bond acceptors (Lipinski definition) is 6. The van der Waals surface area contributed by atoms with E-state index in [1.807, 2.05) is 19.9 Å². The molecule has 4 rings (SSSR count). The second-order valence-corrected chi connectivity index (χ2v) is 7.88. The lowest BCUT2D eigenvalue weighted by Crippen LogP contribution is -2.28. The topological polar surface area (TPSA) is 68.2 Å². The highest BCUT2D eigenvalue weighted by Gasteiger charge is 2.26. The van der Waals surface area contributed by atoms with Crippen LogP contribution in [-0.4, -0.2) is 46.5 Å². The van der Waals surface area contributed by atoms with Crippen LogP contribution < -0.4 is 4.90 Å². The molecule has 6 heteroatoms. The zero-order valence-electron chi connectivity index (χ0n) is 17.0. The van der Waals surface area contributed by atoms with Crippen LogP contribution in [0.5, 0.6) is 0 Å². The van der Waals surface area contributed by atoms with E-state index < -0.39 is 0 Å². The molecule has 6 nitrogen and oxygen atoms in total. The van der Waals surface area contributed by atoms with Gasteiger partial charge in [-0.3, -0.25) is 14.8 Å². The van der Waals surface area contributed by atoms with Gasteiger partial charge >= 0.3 is 0 Å². The first-order valence-electron chi connectivity index (χ1n) is 10.2. The predicted molar refractivity (Wildman–Crippen MR) is 108 cm³/mol. The molecule has 2 aliphatic heterocycles. The molecule has 0 unspecified atom stereocenters. The van der Waals surface area contributed by atoms with Crippen LogP contribution in [-0.2, 0) is 24.0 Å². The molecule has 4 heterocycles. The Balaban J connectivity index is 1.71. The molecule has 0 N–H and O–H groups in total. The van der Waals surface area contributed by atoms with Crippen molar-refractivity contribution in [2.24, 2.45) is 0 Å². The van der Waals surface area contributed by atoms with Crippen molar-refractivity contribution in [1.29, 1.82) is 0 Å². The summed E-state index contributed by atoms with van der Waals surface area (Å²) in [7, 11) is 0. The van der Waals surface area contributed by atoms with Crippen LogP contribution in [0.25, 0.3) is 0 Å². The Hall–Kier alpha value is -2.34. The maximum Gasteiger partial charge on any atom is 0.169 e. The van der Waals surface area contributed by atoms with E-state index >= 15 is 0 Å². The summed E-state index contributed by atoms with van der Waals surface area (Å²) in [5, 5.41) is 0. The van der Waals surface area contributed by atoms with Crippen molar-refractivity contribution in [3.8, 4) is 0 Å². The largest absolute Gasteiger partial charge is 0.381 e. The van der Waals surface area contributed by atoms with Crippen molar-refractivity contribution in [3.63, 3.8) is 0 Å². The number of aromatic nitrogens is 3. The molecule has 2 aliphatic rings. The van der Waals surface area contributed by atoms with Crippen molar-refractivity contribution in [2.45, 2.75) is 58.9 Å². The van der Waals surface area contributed by atoms with Gasteiger partial charge in [0.2, 0.25) is 0 Å². The van der Waals surface area contributed by atoms with Gasteiger partial charge in [-0.05, 0) is 51.7 Å². The minimum absolute atomic E-state index is 0.0891. The monoisotopic (exact) mass is 380 g/mol. The Labute approximate surface area is 166 Å². The van der Waals surface area contributed by atoms with E-state index in [-0.39, 0.29) is 12.2 Å². The number of ether oxygens (including phenoxy) is 1. The van der Waals surface area contributed by atoms with Crippen molar-refractivity contribution in [2.75, 3.05) is 24.7 Å². The van der Waals surface area contributed by atoms with Gasteiger partial charge in [-0.1, -0.05) is 0 Å². The third kappa shape index (κ3) is 3.78. The van der Waals surface area contributed by atoms with Crippen LogP contribution in [0.2, 0.25) is 0 Å². The average molecular weight is 380 g/mol. The number of nitrogens with zero attached hydrogens (tertiary/aromatic N) is 4. The number of fused-ring (bicyclic) bond motifs is 1. The van der Waals surface area contributed by atoms with Gasteiger partial charge in [-0.25, -0.2) is 4.98 Å². The van der Waals surface area contributed by atoms with Crippen LogP contribution in [0.1, 0.15) is 58.5 Å². The standard InChI is InChI=1S/C22H28N4O2/c1-14-5-4-8-26(14)22-12-19(18-6-9-28-10-7-20(18)25-22)21(27)11-17-13-23-15(2)16(3)24-17/h12-14H,4-11H2,1-3H3/t14-/m1/s1. The molecule has 1 saturated heterocycles. The molecule has 148 valence electrons. The summed E-state index contributed by atoms with van der Waals surface area (Å²) in [6.45, 7) is 8.39. The molecule has 1 fully saturated rings. The lowest BCUT2D eigenvalue weighted by molar-refractivity contribution is 0.0990. The van der Waals surface area contributed by atoms with Gasteiger partial charge in [-0.2, -0.15) is 0 Å². The van der Waals surface area contributed by atoms with Gasteiger partial charge in [0.25, 0.3) is 0 Å². The fourth-order valence-corrected chi connectivity index (χ4v) is 4.14. The lowest BCUT2D eigenvalue weighted by Gasteiger charge is -2.25. The minimum Gasteiger partial charge on any atom is -0.381 e. The number of carbonyl (C=O) groups is 1. The Morgan fingerprint density at radius 1 is 1.21 bits per heavy atom. The molecule has 2 aromatic rings.